The van der Waals surface area contributed by atoms with Crippen molar-refractivity contribution < 1.29 is 14.2 Å². The van der Waals surface area contributed by atoms with Crippen LogP contribution in [0.5, 0.6) is 5.75 Å². The van der Waals surface area contributed by atoms with Gasteiger partial charge in [0.15, 0.2) is 0 Å². The van der Waals surface area contributed by atoms with Crippen molar-refractivity contribution in [1.82, 2.24) is 5.32 Å². The highest BCUT2D eigenvalue weighted by molar-refractivity contribution is 5.29. The molecule has 0 aliphatic carbocycles. The highest BCUT2D eigenvalue weighted by Gasteiger charge is 2.10. The van der Waals surface area contributed by atoms with Gasteiger partial charge in [0.05, 0.1) is 39.1 Å². The van der Waals surface area contributed by atoms with Gasteiger partial charge in [0.2, 0.25) is 0 Å². The second-order valence-electron chi connectivity index (χ2n) is 4.88. The summed E-state index contributed by atoms with van der Waals surface area (Å²) < 4.78 is 16.3. The van der Waals surface area contributed by atoms with Crippen LogP contribution in [-0.2, 0) is 9.47 Å². The zero-order valence-electron chi connectivity index (χ0n) is 13.0. The summed E-state index contributed by atoms with van der Waals surface area (Å²) in [5, 5.41) is 3.43. The third kappa shape index (κ3) is 6.37. The van der Waals surface area contributed by atoms with Crippen molar-refractivity contribution in [3.8, 4) is 5.75 Å². The van der Waals surface area contributed by atoms with Gasteiger partial charge in [-0.05, 0) is 38.1 Å². The van der Waals surface area contributed by atoms with Gasteiger partial charge in [-0.2, -0.15) is 0 Å². The van der Waals surface area contributed by atoms with Crippen molar-refractivity contribution in [2.24, 2.45) is 0 Å². The Balaban J connectivity index is 2.42. The van der Waals surface area contributed by atoms with Crippen molar-refractivity contribution in [2.45, 2.75) is 32.9 Å². The van der Waals surface area contributed by atoms with Crippen LogP contribution in [0.15, 0.2) is 24.3 Å². The Labute approximate surface area is 122 Å². The molecule has 4 nitrogen and oxygen atoms in total. The average molecular weight is 281 g/mol. The molecule has 0 bridgehead atoms. The maximum Gasteiger partial charge on any atom is 0.118 e. The van der Waals surface area contributed by atoms with E-state index in [2.05, 4.69) is 24.4 Å². The molecule has 1 aromatic carbocycles. The minimum Gasteiger partial charge on any atom is -0.497 e. The van der Waals surface area contributed by atoms with Crippen molar-refractivity contribution >= 4 is 0 Å². The maximum atomic E-state index is 5.69. The van der Waals surface area contributed by atoms with E-state index in [0.29, 0.717) is 19.8 Å². The molecule has 1 N–H and O–H groups in total. The summed E-state index contributed by atoms with van der Waals surface area (Å²) in [6.45, 7) is 8.95. The number of ether oxygens (including phenoxy) is 3. The largest absolute Gasteiger partial charge is 0.497 e. The summed E-state index contributed by atoms with van der Waals surface area (Å²) in [6.07, 6.45) is 0.254. The lowest BCUT2D eigenvalue weighted by molar-refractivity contribution is 0.0138. The fourth-order valence-corrected chi connectivity index (χ4v) is 1.90. The lowest BCUT2D eigenvalue weighted by Crippen LogP contribution is -2.26. The molecule has 1 aromatic rings. The van der Waals surface area contributed by atoms with Gasteiger partial charge >= 0.3 is 0 Å². The second kappa shape index (κ2) is 9.75. The minimum atomic E-state index is 0.199. The highest BCUT2D eigenvalue weighted by atomic mass is 16.5. The third-order valence-corrected chi connectivity index (χ3v) is 2.93. The molecule has 0 saturated heterocycles. The smallest absolute Gasteiger partial charge is 0.118 e. The van der Waals surface area contributed by atoms with Gasteiger partial charge in [0, 0.05) is 0 Å². The van der Waals surface area contributed by atoms with Crippen LogP contribution in [-0.4, -0.2) is 39.6 Å². The molecule has 0 aliphatic heterocycles. The zero-order valence-corrected chi connectivity index (χ0v) is 13.0. The summed E-state index contributed by atoms with van der Waals surface area (Å²) in [4.78, 5) is 0. The minimum absolute atomic E-state index is 0.199. The van der Waals surface area contributed by atoms with Gasteiger partial charge in [0.25, 0.3) is 0 Å². The fourth-order valence-electron chi connectivity index (χ4n) is 1.90. The molecule has 0 heterocycles. The SMILES string of the molecule is CCNC(COCCOC(C)C)c1ccc(OC)cc1. The van der Waals surface area contributed by atoms with E-state index >= 15 is 0 Å². The predicted octanol–water partition coefficient (Wildman–Crippen LogP) is 2.79. The summed E-state index contributed by atoms with van der Waals surface area (Å²) in [7, 11) is 1.68. The molecule has 0 aromatic heterocycles. The standard InChI is InChI=1S/C16H27NO3/c1-5-17-16(12-19-10-11-20-13(2)3)14-6-8-15(18-4)9-7-14/h6-9,13,16-17H,5,10-12H2,1-4H3. The van der Waals surface area contributed by atoms with Crippen LogP contribution < -0.4 is 10.1 Å². The van der Waals surface area contributed by atoms with Gasteiger partial charge in [-0.3, -0.25) is 0 Å². The van der Waals surface area contributed by atoms with Gasteiger partial charge < -0.3 is 19.5 Å². The first kappa shape index (κ1) is 17.0. The Kier molecular flexibility index (Phi) is 8.26. The van der Waals surface area contributed by atoms with Crippen LogP contribution in [0.25, 0.3) is 0 Å². The third-order valence-electron chi connectivity index (χ3n) is 2.93. The lowest BCUT2D eigenvalue weighted by atomic mass is 10.1. The van der Waals surface area contributed by atoms with Crippen LogP contribution in [0.4, 0.5) is 0 Å². The lowest BCUT2D eigenvalue weighted by Gasteiger charge is -2.19. The Morgan fingerprint density at radius 2 is 1.80 bits per heavy atom. The molecule has 1 unspecified atom stereocenters. The summed E-state index contributed by atoms with van der Waals surface area (Å²) in [5.41, 5.74) is 1.21. The Bertz CT molecular complexity index is 351. The number of benzene rings is 1. The maximum absolute atomic E-state index is 5.69. The van der Waals surface area contributed by atoms with E-state index in [4.69, 9.17) is 14.2 Å². The molecular formula is C16H27NO3. The normalized spacial score (nSPS) is 12.7. The number of likely N-dealkylation sites (N-methyl/N-ethyl adjacent to an activating group) is 1. The van der Waals surface area contributed by atoms with E-state index in [9.17, 15) is 0 Å². The Morgan fingerprint density at radius 1 is 1.10 bits per heavy atom. The number of nitrogens with one attached hydrogen (secondary N) is 1. The second-order valence-corrected chi connectivity index (χ2v) is 4.88. The van der Waals surface area contributed by atoms with Crippen molar-refractivity contribution in [3.63, 3.8) is 0 Å². The molecule has 1 atom stereocenters. The van der Waals surface area contributed by atoms with Gasteiger partial charge in [0.1, 0.15) is 5.75 Å². The number of rotatable bonds is 10. The van der Waals surface area contributed by atoms with E-state index in [0.717, 1.165) is 12.3 Å². The van der Waals surface area contributed by atoms with E-state index in [1.807, 2.05) is 26.0 Å². The fraction of sp³-hybridized carbons (Fsp3) is 0.625. The van der Waals surface area contributed by atoms with Crippen LogP contribution in [0.2, 0.25) is 0 Å². The average Bonchev–Trinajstić information content (AvgIpc) is 2.45. The summed E-state index contributed by atoms with van der Waals surface area (Å²) in [5.74, 6) is 0.871. The first-order chi connectivity index (χ1) is 9.67. The van der Waals surface area contributed by atoms with Crippen molar-refractivity contribution in [1.29, 1.82) is 0 Å². The first-order valence-electron chi connectivity index (χ1n) is 7.24. The molecule has 0 spiro atoms. The topological polar surface area (TPSA) is 39.7 Å². The van der Waals surface area contributed by atoms with Gasteiger partial charge in [-0.15, -0.1) is 0 Å². The summed E-state index contributed by atoms with van der Waals surface area (Å²) in [6, 6.07) is 8.29. The molecule has 4 heteroatoms. The molecule has 20 heavy (non-hydrogen) atoms. The molecular weight excluding hydrogens is 254 g/mol. The van der Waals surface area contributed by atoms with Gasteiger partial charge in [-0.1, -0.05) is 19.1 Å². The first-order valence-corrected chi connectivity index (χ1v) is 7.24. The zero-order chi connectivity index (χ0) is 14.8. The highest BCUT2D eigenvalue weighted by Crippen LogP contribution is 2.18. The Morgan fingerprint density at radius 3 is 2.35 bits per heavy atom. The van der Waals surface area contributed by atoms with E-state index in [1.54, 1.807) is 7.11 Å². The molecule has 0 saturated carbocycles. The number of hydrogen-bond donors (Lipinski definition) is 1. The van der Waals surface area contributed by atoms with Crippen LogP contribution >= 0.6 is 0 Å². The predicted molar refractivity (Wildman–Crippen MR) is 81.3 cm³/mol. The van der Waals surface area contributed by atoms with Crippen molar-refractivity contribution in [3.05, 3.63) is 29.8 Å². The van der Waals surface area contributed by atoms with Crippen LogP contribution in [0.1, 0.15) is 32.4 Å². The van der Waals surface area contributed by atoms with Gasteiger partial charge in [-0.25, -0.2) is 0 Å². The molecule has 0 amide bonds. The van der Waals surface area contributed by atoms with E-state index in [-0.39, 0.29) is 12.1 Å². The van der Waals surface area contributed by atoms with Crippen LogP contribution in [0, 0.1) is 0 Å². The monoisotopic (exact) mass is 281 g/mol. The van der Waals surface area contributed by atoms with E-state index < -0.39 is 0 Å². The van der Waals surface area contributed by atoms with Crippen molar-refractivity contribution in [2.75, 3.05) is 33.5 Å². The molecule has 0 radical (unpaired) electrons. The molecule has 114 valence electrons. The molecule has 0 fully saturated rings. The van der Waals surface area contributed by atoms with Crippen LogP contribution in [0.3, 0.4) is 0 Å². The molecule has 0 aliphatic rings. The number of hydrogen-bond acceptors (Lipinski definition) is 4. The van der Waals surface area contributed by atoms with E-state index in [1.165, 1.54) is 5.56 Å². The summed E-state index contributed by atoms with van der Waals surface area (Å²) >= 11 is 0. The number of methoxy groups -OCH3 is 1. The quantitative estimate of drug-likeness (QED) is 0.669. The Hall–Kier alpha value is -1.10. The molecule has 1 rings (SSSR count).